The molecule has 0 aromatic rings. The molecule has 3 heteroatoms. The van der Waals surface area contributed by atoms with Crippen molar-refractivity contribution in [3.63, 3.8) is 0 Å². The predicted molar refractivity (Wildman–Crippen MR) is 36.1 cm³/mol. The summed E-state index contributed by atoms with van der Waals surface area (Å²) in [6, 6.07) is 0.536. The molecule has 2 nitrogen and oxygen atoms in total. The number of hydrogen-bond donors (Lipinski definition) is 2. The summed E-state index contributed by atoms with van der Waals surface area (Å²) in [5.74, 6) is 0. The maximum atomic E-state index is 5.63. The van der Waals surface area contributed by atoms with Crippen molar-refractivity contribution >= 4 is 0 Å². The van der Waals surface area contributed by atoms with Gasteiger partial charge in [-0.25, -0.2) is 0 Å². The van der Waals surface area contributed by atoms with Crippen LogP contribution in [0.5, 0.6) is 0 Å². The van der Waals surface area contributed by atoms with Gasteiger partial charge in [-0.2, -0.15) is 0 Å². The quantitative estimate of drug-likeness (QED) is 0.711. The Balaban J connectivity index is 0. The van der Waals surface area contributed by atoms with E-state index in [0.29, 0.717) is 6.04 Å². The van der Waals surface area contributed by atoms with Crippen LogP contribution in [-0.2, 0) is 21.1 Å². The largest absolute Gasteiger partial charge is 2.00 e. The van der Waals surface area contributed by atoms with Crippen LogP contribution < -0.4 is 11.9 Å². The summed E-state index contributed by atoms with van der Waals surface area (Å²) in [5, 5.41) is 0. The van der Waals surface area contributed by atoms with E-state index < -0.39 is 0 Å². The van der Waals surface area contributed by atoms with E-state index in [1.807, 2.05) is 0 Å². The Hall–Kier alpha value is 0.608. The zero-order valence-electron chi connectivity index (χ0n) is 5.71. The molecule has 0 radical (unpaired) electrons. The van der Waals surface area contributed by atoms with Gasteiger partial charge >= 0.3 is 21.1 Å². The number of hydrogen-bond acceptors (Lipinski definition) is 2. The summed E-state index contributed by atoms with van der Waals surface area (Å²) in [6.07, 6.45) is 6.66. The van der Waals surface area contributed by atoms with Gasteiger partial charge in [0, 0.05) is 6.04 Å². The monoisotopic (exact) mass is 311 g/mol. The maximum absolute atomic E-state index is 5.63. The van der Waals surface area contributed by atoms with Crippen LogP contribution >= 0.6 is 0 Å². The second kappa shape index (κ2) is 6.72. The van der Waals surface area contributed by atoms with Crippen molar-refractivity contribution in [2.45, 2.75) is 38.1 Å². The van der Waals surface area contributed by atoms with E-state index in [2.05, 4.69) is 0 Å². The fourth-order valence-corrected chi connectivity index (χ4v) is 1.13. The normalized spacial score (nSPS) is 19.7. The van der Waals surface area contributed by atoms with Crippen LogP contribution in [-0.4, -0.2) is 6.04 Å². The summed E-state index contributed by atoms with van der Waals surface area (Å²) in [4.78, 5) is 0. The summed E-state index contributed by atoms with van der Waals surface area (Å²) in [7, 11) is 0. The molecule has 0 aliphatic heterocycles. The zero-order valence-corrected chi connectivity index (χ0v) is 7.99. The first kappa shape index (κ1) is 12.3. The fraction of sp³-hybridized carbons (Fsp3) is 1.00. The Morgan fingerprint density at radius 2 is 1.44 bits per heavy atom. The van der Waals surface area contributed by atoms with Gasteiger partial charge in [-0.3, -0.25) is 0 Å². The van der Waals surface area contributed by atoms with Gasteiger partial charge in [0.15, 0.2) is 0 Å². The van der Waals surface area contributed by atoms with Gasteiger partial charge in [-0.1, -0.05) is 19.3 Å². The Morgan fingerprint density at radius 3 is 1.67 bits per heavy atom. The minimum absolute atomic E-state index is 0. The van der Waals surface area contributed by atoms with Crippen LogP contribution in [0.4, 0.5) is 0 Å². The molecule has 5 N–H and O–H groups in total. The number of rotatable bonds is 0. The molecule has 0 unspecified atom stereocenters. The van der Waals surface area contributed by atoms with Crippen molar-refractivity contribution in [1.82, 2.24) is 6.15 Å². The van der Waals surface area contributed by atoms with Crippen LogP contribution in [0.15, 0.2) is 0 Å². The standard InChI is InChI=1S/C6H13N.H3N.Pt/c7-6-4-2-1-3-5-6;;/h6H,1-5,7H2;1H3;/q;;+2. The van der Waals surface area contributed by atoms with Gasteiger partial charge in [0.05, 0.1) is 0 Å². The van der Waals surface area contributed by atoms with Crippen LogP contribution in [0, 0.1) is 0 Å². The van der Waals surface area contributed by atoms with Crippen molar-refractivity contribution in [3.8, 4) is 0 Å². The molecule has 1 rings (SSSR count). The van der Waals surface area contributed by atoms with Crippen molar-refractivity contribution in [2.24, 2.45) is 5.73 Å². The number of nitrogens with two attached hydrogens (primary N) is 1. The molecule has 58 valence electrons. The molecule has 0 aromatic carbocycles. The van der Waals surface area contributed by atoms with Crippen LogP contribution in [0.25, 0.3) is 0 Å². The third-order valence-corrected chi connectivity index (χ3v) is 1.65. The molecular formula is C6H16N2Pt+2. The fourth-order valence-electron chi connectivity index (χ4n) is 1.13. The smallest absolute Gasteiger partial charge is 0.344 e. The summed E-state index contributed by atoms with van der Waals surface area (Å²) < 4.78 is 0. The first-order chi connectivity index (χ1) is 3.39. The Bertz CT molecular complexity index is 53.0. The Labute approximate surface area is 71.4 Å². The van der Waals surface area contributed by atoms with E-state index >= 15 is 0 Å². The average Bonchev–Trinajstić information content (AvgIpc) is 1.69. The first-order valence-corrected chi connectivity index (χ1v) is 3.15. The molecule has 0 bridgehead atoms. The summed E-state index contributed by atoms with van der Waals surface area (Å²) >= 11 is 0. The van der Waals surface area contributed by atoms with Gasteiger partial charge in [0.1, 0.15) is 0 Å². The second-order valence-electron chi connectivity index (χ2n) is 2.40. The molecule has 0 atom stereocenters. The molecule has 1 fully saturated rings. The zero-order chi connectivity index (χ0) is 5.11. The van der Waals surface area contributed by atoms with E-state index in [1.165, 1.54) is 32.1 Å². The van der Waals surface area contributed by atoms with E-state index in [-0.39, 0.29) is 27.2 Å². The third kappa shape index (κ3) is 5.07. The Kier molecular flexibility index (Phi) is 9.19. The van der Waals surface area contributed by atoms with E-state index in [0.717, 1.165) is 0 Å². The van der Waals surface area contributed by atoms with E-state index in [1.54, 1.807) is 0 Å². The second-order valence-corrected chi connectivity index (χ2v) is 2.40. The molecule has 0 spiro atoms. The van der Waals surface area contributed by atoms with Crippen molar-refractivity contribution in [1.29, 1.82) is 0 Å². The molecule has 9 heavy (non-hydrogen) atoms. The van der Waals surface area contributed by atoms with Crippen LogP contribution in [0.2, 0.25) is 0 Å². The first-order valence-electron chi connectivity index (χ1n) is 3.15. The van der Waals surface area contributed by atoms with Gasteiger partial charge in [0.2, 0.25) is 0 Å². The minimum Gasteiger partial charge on any atom is -0.344 e. The predicted octanol–water partition coefficient (Wildman–Crippen LogP) is 1.44. The summed E-state index contributed by atoms with van der Waals surface area (Å²) in [5.41, 5.74) is 5.63. The van der Waals surface area contributed by atoms with Crippen molar-refractivity contribution in [2.75, 3.05) is 0 Å². The molecule has 0 aromatic heterocycles. The molecule has 1 saturated carbocycles. The average molecular weight is 311 g/mol. The SMILES string of the molecule is N.NC1CCCCC1.[Pt+2]. The summed E-state index contributed by atoms with van der Waals surface area (Å²) in [6.45, 7) is 0. The van der Waals surface area contributed by atoms with Gasteiger partial charge in [0.25, 0.3) is 0 Å². The van der Waals surface area contributed by atoms with E-state index in [9.17, 15) is 0 Å². The van der Waals surface area contributed by atoms with Gasteiger partial charge in [-0.05, 0) is 12.8 Å². The molecule has 1 aliphatic rings. The topological polar surface area (TPSA) is 61.0 Å². The van der Waals surface area contributed by atoms with Crippen LogP contribution in [0.3, 0.4) is 0 Å². The van der Waals surface area contributed by atoms with Crippen LogP contribution in [0.1, 0.15) is 32.1 Å². The van der Waals surface area contributed by atoms with Gasteiger partial charge in [-0.15, -0.1) is 0 Å². The van der Waals surface area contributed by atoms with Gasteiger partial charge < -0.3 is 11.9 Å². The molecule has 1 aliphatic carbocycles. The van der Waals surface area contributed by atoms with Crippen molar-refractivity contribution < 1.29 is 21.1 Å². The maximum Gasteiger partial charge on any atom is 2.00 e. The molecule has 0 amide bonds. The minimum atomic E-state index is 0. The molecule has 0 heterocycles. The Morgan fingerprint density at radius 1 is 1.00 bits per heavy atom. The molecule has 0 saturated heterocycles. The third-order valence-electron chi connectivity index (χ3n) is 1.65. The molecular weight excluding hydrogens is 295 g/mol. The van der Waals surface area contributed by atoms with E-state index in [4.69, 9.17) is 5.73 Å². The van der Waals surface area contributed by atoms with Crippen molar-refractivity contribution in [3.05, 3.63) is 0 Å².